The fourth-order valence-electron chi connectivity index (χ4n) is 5.21. The lowest BCUT2D eigenvalue weighted by molar-refractivity contribution is 0.0929. The zero-order valence-corrected chi connectivity index (χ0v) is 25.4. The zero-order valence-electron chi connectivity index (χ0n) is 25.4. The Balaban J connectivity index is 1.54. The van der Waals surface area contributed by atoms with Crippen LogP contribution in [-0.2, 0) is 0 Å². The Kier molecular flexibility index (Phi) is 10.9. The van der Waals surface area contributed by atoms with Crippen LogP contribution in [0, 0.1) is 5.82 Å². The van der Waals surface area contributed by atoms with Crippen LogP contribution >= 0.6 is 0 Å². The van der Waals surface area contributed by atoms with Crippen molar-refractivity contribution in [3.63, 3.8) is 0 Å². The van der Waals surface area contributed by atoms with E-state index < -0.39 is 0 Å². The molecule has 4 rings (SSSR count). The number of halogens is 1. The Bertz CT molecular complexity index is 1270. The molecule has 1 atom stereocenters. The minimum Gasteiger partial charge on any atom is -0.490 e. The van der Waals surface area contributed by atoms with Crippen molar-refractivity contribution < 1.29 is 23.4 Å². The number of carbonyl (C=O) groups excluding carboxylic acids is 1. The highest BCUT2D eigenvalue weighted by atomic mass is 19.1. The van der Waals surface area contributed by atoms with Crippen LogP contribution in [0.15, 0.2) is 60.7 Å². The molecule has 0 aliphatic carbocycles. The number of carbonyl (C=O) groups is 1. The van der Waals surface area contributed by atoms with Crippen molar-refractivity contribution in [2.45, 2.75) is 26.8 Å². The maximum atomic E-state index is 13.5. The topological polar surface area (TPSA) is 66.5 Å². The lowest BCUT2D eigenvalue weighted by Gasteiger charge is -2.40. The van der Waals surface area contributed by atoms with E-state index in [1.165, 1.54) is 12.1 Å². The van der Waals surface area contributed by atoms with Gasteiger partial charge in [0.1, 0.15) is 5.82 Å². The molecule has 1 saturated heterocycles. The van der Waals surface area contributed by atoms with Crippen LogP contribution in [0.5, 0.6) is 17.2 Å². The fraction of sp³-hybridized carbons (Fsp3) is 0.424. The highest BCUT2D eigenvalue weighted by molar-refractivity contribution is 5.95. The average Bonchev–Trinajstić information content (AvgIpc) is 3.00. The van der Waals surface area contributed by atoms with Crippen LogP contribution in [0.25, 0.3) is 0 Å². The molecule has 1 heterocycles. The summed E-state index contributed by atoms with van der Waals surface area (Å²) >= 11 is 0. The van der Waals surface area contributed by atoms with E-state index in [1.807, 2.05) is 47.0 Å². The number of benzene rings is 3. The van der Waals surface area contributed by atoms with Crippen molar-refractivity contribution in [3.8, 4) is 17.2 Å². The first-order valence-electron chi connectivity index (χ1n) is 14.7. The summed E-state index contributed by atoms with van der Waals surface area (Å²) in [7, 11) is 4.04. The first-order chi connectivity index (χ1) is 20.3. The molecule has 3 aromatic carbocycles. The molecular formula is C33H43FN4O4. The van der Waals surface area contributed by atoms with Gasteiger partial charge < -0.3 is 29.3 Å². The van der Waals surface area contributed by atoms with E-state index in [0.717, 1.165) is 43.1 Å². The molecule has 0 bridgehead atoms. The van der Waals surface area contributed by atoms with Gasteiger partial charge in [0, 0.05) is 63.8 Å². The summed E-state index contributed by atoms with van der Waals surface area (Å²) in [5, 5.41) is 3.17. The molecule has 8 nitrogen and oxygen atoms in total. The number of piperazine rings is 1. The van der Waals surface area contributed by atoms with Crippen LogP contribution in [0.2, 0.25) is 0 Å². The minimum absolute atomic E-state index is 0.0269. The van der Waals surface area contributed by atoms with Gasteiger partial charge in [0.05, 0.1) is 25.9 Å². The van der Waals surface area contributed by atoms with E-state index in [1.54, 1.807) is 12.1 Å². The first-order valence-corrected chi connectivity index (χ1v) is 14.7. The Hall–Kier alpha value is -3.98. The van der Waals surface area contributed by atoms with Gasteiger partial charge in [-0.25, -0.2) is 4.39 Å². The second-order valence-corrected chi connectivity index (χ2v) is 10.3. The monoisotopic (exact) mass is 578 g/mol. The molecule has 1 aliphatic heterocycles. The van der Waals surface area contributed by atoms with Gasteiger partial charge in [-0.15, -0.1) is 0 Å². The molecule has 1 fully saturated rings. The summed E-state index contributed by atoms with van der Waals surface area (Å²) in [6, 6.07) is 18.5. The van der Waals surface area contributed by atoms with Crippen molar-refractivity contribution in [2.75, 3.05) is 76.4 Å². The summed E-state index contributed by atoms with van der Waals surface area (Å²) in [5.41, 5.74) is 3.71. The molecule has 0 spiro atoms. The van der Waals surface area contributed by atoms with Gasteiger partial charge in [-0.1, -0.05) is 12.1 Å². The molecule has 1 amide bonds. The molecule has 1 N–H and O–H groups in total. The maximum Gasteiger partial charge on any atom is 0.251 e. The van der Waals surface area contributed by atoms with Gasteiger partial charge in [0.2, 0.25) is 5.75 Å². The smallest absolute Gasteiger partial charge is 0.251 e. The second-order valence-electron chi connectivity index (χ2n) is 10.3. The zero-order chi connectivity index (χ0) is 30.1. The number of rotatable bonds is 13. The molecular weight excluding hydrogens is 535 g/mol. The molecule has 0 saturated carbocycles. The molecule has 3 aromatic rings. The molecule has 0 radical (unpaired) electrons. The van der Waals surface area contributed by atoms with E-state index in [2.05, 4.69) is 44.3 Å². The fourth-order valence-corrected chi connectivity index (χ4v) is 5.21. The largest absolute Gasteiger partial charge is 0.490 e. The Labute approximate surface area is 249 Å². The van der Waals surface area contributed by atoms with Crippen LogP contribution in [0.4, 0.5) is 15.8 Å². The maximum absolute atomic E-state index is 13.5. The van der Waals surface area contributed by atoms with Gasteiger partial charge in [-0.05, 0) is 74.9 Å². The predicted molar refractivity (Wildman–Crippen MR) is 166 cm³/mol. The van der Waals surface area contributed by atoms with Crippen LogP contribution in [0.3, 0.4) is 0 Å². The van der Waals surface area contributed by atoms with Crippen molar-refractivity contribution in [2.24, 2.45) is 0 Å². The summed E-state index contributed by atoms with van der Waals surface area (Å²) in [6.45, 7) is 10.7. The van der Waals surface area contributed by atoms with Crippen molar-refractivity contribution in [1.29, 1.82) is 0 Å². The quantitative estimate of drug-likeness (QED) is 0.292. The van der Waals surface area contributed by atoms with Gasteiger partial charge in [0.15, 0.2) is 11.5 Å². The van der Waals surface area contributed by atoms with Gasteiger partial charge in [0.25, 0.3) is 5.91 Å². The summed E-state index contributed by atoms with van der Waals surface area (Å²) in [6.07, 6.45) is 0. The van der Waals surface area contributed by atoms with Crippen molar-refractivity contribution >= 4 is 17.3 Å². The van der Waals surface area contributed by atoms with E-state index in [-0.39, 0.29) is 17.8 Å². The summed E-state index contributed by atoms with van der Waals surface area (Å²) in [4.78, 5) is 20.3. The molecule has 1 unspecified atom stereocenters. The lowest BCUT2D eigenvalue weighted by atomic mass is 10.0. The first kappa shape index (κ1) is 31.0. The second kappa shape index (κ2) is 14.8. The van der Waals surface area contributed by atoms with Gasteiger partial charge in [-0.3, -0.25) is 9.69 Å². The summed E-state index contributed by atoms with van der Waals surface area (Å²) < 4.78 is 30.9. The average molecular weight is 579 g/mol. The van der Waals surface area contributed by atoms with Crippen LogP contribution in [0.1, 0.15) is 42.7 Å². The molecule has 0 aromatic heterocycles. The Morgan fingerprint density at radius 1 is 0.857 bits per heavy atom. The van der Waals surface area contributed by atoms with Crippen molar-refractivity contribution in [1.82, 2.24) is 10.2 Å². The van der Waals surface area contributed by atoms with E-state index in [9.17, 15) is 9.18 Å². The van der Waals surface area contributed by atoms with Gasteiger partial charge in [-0.2, -0.15) is 0 Å². The van der Waals surface area contributed by atoms with Crippen LogP contribution < -0.4 is 29.3 Å². The van der Waals surface area contributed by atoms with Crippen molar-refractivity contribution in [3.05, 3.63) is 77.6 Å². The molecule has 9 heteroatoms. The van der Waals surface area contributed by atoms with Gasteiger partial charge >= 0.3 is 0 Å². The molecule has 1 aliphatic rings. The minimum atomic E-state index is -0.233. The number of hydrogen-bond donors (Lipinski definition) is 1. The Morgan fingerprint density at radius 3 is 1.95 bits per heavy atom. The standard InChI is InChI=1S/C33H43FN4O4/c1-6-40-30-21-25(22-31(41-7-2)32(30)42-8-3)33(39)35-23-29(24-9-13-27(14-10-24)36(4)5)38-19-17-37(18-20-38)28-15-11-26(34)12-16-28/h9-16,21-22,29H,6-8,17-20,23H2,1-5H3,(H,35,39). The van der Waals surface area contributed by atoms with Crippen LogP contribution in [-0.4, -0.2) is 77.4 Å². The van der Waals surface area contributed by atoms with E-state index in [4.69, 9.17) is 14.2 Å². The summed E-state index contributed by atoms with van der Waals surface area (Å²) in [5.74, 6) is 1.05. The number of hydrogen-bond acceptors (Lipinski definition) is 7. The lowest BCUT2D eigenvalue weighted by Crippen LogP contribution is -2.50. The third-order valence-corrected chi connectivity index (χ3v) is 7.37. The third kappa shape index (κ3) is 7.64. The van der Waals surface area contributed by atoms with E-state index in [0.29, 0.717) is 49.2 Å². The molecule has 42 heavy (non-hydrogen) atoms. The highest BCUT2D eigenvalue weighted by Gasteiger charge is 2.27. The number of amides is 1. The number of nitrogens with one attached hydrogen (secondary N) is 1. The number of nitrogens with zero attached hydrogens (tertiary/aromatic N) is 3. The highest BCUT2D eigenvalue weighted by Crippen LogP contribution is 2.39. The predicted octanol–water partition coefficient (Wildman–Crippen LogP) is 5.38. The number of anilines is 2. The normalized spacial score (nSPS) is 14.3. The molecule has 226 valence electrons. The third-order valence-electron chi connectivity index (χ3n) is 7.37. The number of ether oxygens (including phenoxy) is 3. The Morgan fingerprint density at radius 2 is 1.43 bits per heavy atom. The van der Waals surface area contributed by atoms with E-state index >= 15 is 0 Å². The SMILES string of the molecule is CCOc1cc(C(=O)NCC(c2ccc(N(C)C)cc2)N2CCN(c3ccc(F)cc3)CC2)cc(OCC)c1OCC.